The Morgan fingerprint density at radius 1 is 1.38 bits per heavy atom. The second-order valence-electron chi connectivity index (χ2n) is 6.80. The highest BCUT2D eigenvalue weighted by Crippen LogP contribution is 2.27. The SMILES string of the molecule is CC1CN(C(=O)C2CCc3ccccc3N2)CC(C)(C)O1. The second-order valence-corrected chi connectivity index (χ2v) is 6.80. The number of fused-ring (bicyclic) bond motifs is 1. The molecule has 1 aromatic rings. The number of anilines is 1. The lowest BCUT2D eigenvalue weighted by Gasteiger charge is -2.43. The Labute approximate surface area is 126 Å². The number of amides is 1. The van der Waals surface area contributed by atoms with Gasteiger partial charge in [0.05, 0.1) is 11.7 Å². The van der Waals surface area contributed by atoms with Crippen molar-refractivity contribution >= 4 is 11.6 Å². The summed E-state index contributed by atoms with van der Waals surface area (Å²) in [6, 6.07) is 8.14. The number of ether oxygens (including phenoxy) is 1. The summed E-state index contributed by atoms with van der Waals surface area (Å²) in [4.78, 5) is 14.8. The molecule has 1 fully saturated rings. The zero-order valence-electron chi connectivity index (χ0n) is 13.1. The zero-order valence-corrected chi connectivity index (χ0v) is 13.1. The van der Waals surface area contributed by atoms with Gasteiger partial charge in [-0.05, 0) is 45.2 Å². The summed E-state index contributed by atoms with van der Waals surface area (Å²) in [6.07, 6.45) is 1.92. The van der Waals surface area contributed by atoms with E-state index in [0.717, 1.165) is 18.5 Å². The van der Waals surface area contributed by atoms with Gasteiger partial charge < -0.3 is 15.0 Å². The van der Waals surface area contributed by atoms with Crippen LogP contribution in [-0.4, -0.2) is 41.6 Å². The van der Waals surface area contributed by atoms with Crippen molar-refractivity contribution in [3.05, 3.63) is 29.8 Å². The fourth-order valence-corrected chi connectivity index (χ4v) is 3.47. The highest BCUT2D eigenvalue weighted by atomic mass is 16.5. The van der Waals surface area contributed by atoms with Crippen LogP contribution in [0.1, 0.15) is 32.8 Å². The summed E-state index contributed by atoms with van der Waals surface area (Å²) in [6.45, 7) is 7.47. The highest BCUT2D eigenvalue weighted by Gasteiger charge is 2.36. The van der Waals surface area contributed by atoms with Gasteiger partial charge in [0.1, 0.15) is 6.04 Å². The number of nitrogens with zero attached hydrogens (tertiary/aromatic N) is 1. The second kappa shape index (κ2) is 5.34. The predicted molar refractivity (Wildman–Crippen MR) is 83.4 cm³/mol. The fraction of sp³-hybridized carbons (Fsp3) is 0.588. The minimum absolute atomic E-state index is 0.0913. The first-order chi connectivity index (χ1) is 9.94. The first-order valence-corrected chi connectivity index (χ1v) is 7.76. The van der Waals surface area contributed by atoms with E-state index in [1.807, 2.05) is 31.7 Å². The average Bonchev–Trinajstić information content (AvgIpc) is 2.44. The molecule has 4 heteroatoms. The third-order valence-corrected chi connectivity index (χ3v) is 4.23. The number of aryl methyl sites for hydroxylation is 1. The van der Waals surface area contributed by atoms with Gasteiger partial charge in [0, 0.05) is 18.8 Å². The molecule has 3 rings (SSSR count). The van der Waals surface area contributed by atoms with E-state index in [0.29, 0.717) is 13.1 Å². The largest absolute Gasteiger partial charge is 0.373 e. The zero-order chi connectivity index (χ0) is 15.0. The van der Waals surface area contributed by atoms with E-state index >= 15 is 0 Å². The number of hydrogen-bond acceptors (Lipinski definition) is 3. The van der Waals surface area contributed by atoms with E-state index in [-0.39, 0.29) is 23.7 Å². The van der Waals surface area contributed by atoms with Crippen LogP contribution in [0.2, 0.25) is 0 Å². The third kappa shape index (κ3) is 3.05. The standard InChI is InChI=1S/C17H24N2O2/c1-12-10-19(11-17(2,3)21-12)16(20)15-9-8-13-6-4-5-7-14(13)18-15/h4-7,12,15,18H,8-11H2,1-3H3. The Morgan fingerprint density at radius 3 is 2.90 bits per heavy atom. The number of carbonyl (C=O) groups is 1. The van der Waals surface area contributed by atoms with Crippen LogP contribution in [0, 0.1) is 0 Å². The minimum Gasteiger partial charge on any atom is -0.373 e. The number of para-hydroxylation sites is 1. The summed E-state index contributed by atoms with van der Waals surface area (Å²) in [5, 5.41) is 3.40. The van der Waals surface area contributed by atoms with Gasteiger partial charge in [-0.25, -0.2) is 0 Å². The van der Waals surface area contributed by atoms with E-state index in [2.05, 4.69) is 23.5 Å². The lowest BCUT2D eigenvalue weighted by atomic mass is 9.96. The lowest BCUT2D eigenvalue weighted by molar-refractivity contribution is -0.158. The van der Waals surface area contributed by atoms with Crippen molar-refractivity contribution in [1.29, 1.82) is 0 Å². The summed E-state index contributed by atoms with van der Waals surface area (Å²) in [7, 11) is 0. The molecule has 4 nitrogen and oxygen atoms in total. The average molecular weight is 288 g/mol. The summed E-state index contributed by atoms with van der Waals surface area (Å²) >= 11 is 0. The molecule has 2 heterocycles. The molecule has 1 aromatic carbocycles. The van der Waals surface area contributed by atoms with Crippen LogP contribution in [0.25, 0.3) is 0 Å². The molecule has 1 amide bonds. The van der Waals surface area contributed by atoms with Gasteiger partial charge in [-0.3, -0.25) is 4.79 Å². The van der Waals surface area contributed by atoms with Gasteiger partial charge >= 0.3 is 0 Å². The van der Waals surface area contributed by atoms with Gasteiger partial charge in [-0.1, -0.05) is 18.2 Å². The third-order valence-electron chi connectivity index (χ3n) is 4.23. The highest BCUT2D eigenvalue weighted by molar-refractivity contribution is 5.86. The van der Waals surface area contributed by atoms with Crippen molar-refractivity contribution in [2.45, 2.75) is 51.4 Å². The molecular formula is C17H24N2O2. The monoisotopic (exact) mass is 288 g/mol. The molecule has 0 spiro atoms. The molecule has 2 atom stereocenters. The minimum atomic E-state index is -0.264. The first-order valence-electron chi connectivity index (χ1n) is 7.76. The van der Waals surface area contributed by atoms with Crippen LogP contribution >= 0.6 is 0 Å². The number of rotatable bonds is 1. The van der Waals surface area contributed by atoms with Crippen molar-refractivity contribution < 1.29 is 9.53 Å². The Kier molecular flexibility index (Phi) is 3.66. The summed E-state index contributed by atoms with van der Waals surface area (Å²) in [5.74, 6) is 0.202. The van der Waals surface area contributed by atoms with Crippen LogP contribution in [0.15, 0.2) is 24.3 Å². The quantitative estimate of drug-likeness (QED) is 0.863. The fourth-order valence-electron chi connectivity index (χ4n) is 3.47. The number of nitrogens with one attached hydrogen (secondary N) is 1. The number of hydrogen-bond donors (Lipinski definition) is 1. The maximum absolute atomic E-state index is 12.8. The maximum Gasteiger partial charge on any atom is 0.245 e. The van der Waals surface area contributed by atoms with Crippen LogP contribution < -0.4 is 5.32 Å². The molecule has 2 unspecified atom stereocenters. The van der Waals surface area contributed by atoms with Crippen molar-refractivity contribution in [3.8, 4) is 0 Å². The summed E-state index contributed by atoms with van der Waals surface area (Å²) < 4.78 is 5.88. The molecule has 0 aliphatic carbocycles. The summed E-state index contributed by atoms with van der Waals surface area (Å²) in [5.41, 5.74) is 2.14. The molecule has 0 radical (unpaired) electrons. The molecule has 2 aliphatic heterocycles. The van der Waals surface area contributed by atoms with Crippen molar-refractivity contribution in [2.75, 3.05) is 18.4 Å². The van der Waals surface area contributed by atoms with Gasteiger partial charge in [0.15, 0.2) is 0 Å². The van der Waals surface area contributed by atoms with E-state index < -0.39 is 0 Å². The smallest absolute Gasteiger partial charge is 0.245 e. The Bertz CT molecular complexity index is 541. The number of morpholine rings is 1. The molecule has 1 N–H and O–H groups in total. The Morgan fingerprint density at radius 2 is 2.14 bits per heavy atom. The Hall–Kier alpha value is -1.55. The number of carbonyl (C=O) groups excluding carboxylic acids is 1. The van der Waals surface area contributed by atoms with Gasteiger partial charge in [-0.15, -0.1) is 0 Å². The van der Waals surface area contributed by atoms with Crippen LogP contribution in [0.3, 0.4) is 0 Å². The van der Waals surface area contributed by atoms with Gasteiger partial charge in [0.25, 0.3) is 0 Å². The van der Waals surface area contributed by atoms with E-state index in [9.17, 15) is 4.79 Å². The topological polar surface area (TPSA) is 41.6 Å². The van der Waals surface area contributed by atoms with Crippen molar-refractivity contribution in [3.63, 3.8) is 0 Å². The van der Waals surface area contributed by atoms with Crippen LogP contribution in [0.5, 0.6) is 0 Å². The van der Waals surface area contributed by atoms with Crippen LogP contribution in [-0.2, 0) is 16.0 Å². The normalized spacial score (nSPS) is 27.7. The Balaban J connectivity index is 1.72. The van der Waals surface area contributed by atoms with Crippen LogP contribution in [0.4, 0.5) is 5.69 Å². The van der Waals surface area contributed by atoms with E-state index in [1.54, 1.807) is 0 Å². The number of benzene rings is 1. The van der Waals surface area contributed by atoms with E-state index in [1.165, 1.54) is 5.56 Å². The van der Waals surface area contributed by atoms with Crippen molar-refractivity contribution in [1.82, 2.24) is 4.90 Å². The lowest BCUT2D eigenvalue weighted by Crippen LogP contribution is -2.57. The van der Waals surface area contributed by atoms with Gasteiger partial charge in [-0.2, -0.15) is 0 Å². The van der Waals surface area contributed by atoms with Crippen molar-refractivity contribution in [2.24, 2.45) is 0 Å². The molecule has 114 valence electrons. The molecule has 1 saturated heterocycles. The molecule has 21 heavy (non-hydrogen) atoms. The molecule has 2 aliphatic rings. The predicted octanol–water partition coefficient (Wildman–Crippen LogP) is 2.44. The molecule has 0 bridgehead atoms. The molecule has 0 saturated carbocycles. The molecule has 0 aromatic heterocycles. The maximum atomic E-state index is 12.8. The first kappa shape index (κ1) is 14.4. The molecular weight excluding hydrogens is 264 g/mol. The van der Waals surface area contributed by atoms with Gasteiger partial charge in [0.2, 0.25) is 5.91 Å². The van der Waals surface area contributed by atoms with E-state index in [4.69, 9.17) is 4.74 Å².